The van der Waals surface area contributed by atoms with Gasteiger partial charge in [-0.1, -0.05) is 18.2 Å². The van der Waals surface area contributed by atoms with Gasteiger partial charge in [-0.15, -0.1) is 0 Å². The molecule has 1 rings (SSSR count). The van der Waals surface area contributed by atoms with Crippen LogP contribution in [0.1, 0.15) is 29.8 Å². The molecule has 0 aromatic heterocycles. The van der Waals surface area contributed by atoms with Gasteiger partial charge in [0.15, 0.2) is 0 Å². The van der Waals surface area contributed by atoms with Crippen molar-refractivity contribution >= 4 is 11.8 Å². The number of hydrogen-bond donors (Lipinski definition) is 1. The molecule has 0 saturated heterocycles. The minimum absolute atomic E-state index is 0.0955. The SMILES string of the molecule is CCNC(=O)CN(CC)C(=O)c1ccccc1C. The average Bonchev–Trinajstić information content (AvgIpc) is 2.36. The van der Waals surface area contributed by atoms with Crippen molar-refractivity contribution in [3.8, 4) is 0 Å². The van der Waals surface area contributed by atoms with E-state index < -0.39 is 0 Å². The van der Waals surface area contributed by atoms with Gasteiger partial charge in [0, 0.05) is 18.7 Å². The maximum absolute atomic E-state index is 12.3. The molecule has 0 saturated carbocycles. The van der Waals surface area contributed by atoms with Crippen LogP contribution < -0.4 is 5.32 Å². The number of hydrogen-bond acceptors (Lipinski definition) is 2. The number of aryl methyl sites for hydroxylation is 1. The highest BCUT2D eigenvalue weighted by Gasteiger charge is 2.18. The summed E-state index contributed by atoms with van der Waals surface area (Å²) >= 11 is 0. The first kappa shape index (κ1) is 14.2. The van der Waals surface area contributed by atoms with Crippen LogP contribution in [0, 0.1) is 6.92 Å². The predicted octanol–water partition coefficient (Wildman–Crippen LogP) is 1.59. The fourth-order valence-corrected chi connectivity index (χ4v) is 1.74. The first-order valence-corrected chi connectivity index (χ1v) is 6.21. The Labute approximate surface area is 108 Å². The Bertz CT molecular complexity index is 430. The second-order valence-corrected chi connectivity index (χ2v) is 4.09. The lowest BCUT2D eigenvalue weighted by Crippen LogP contribution is -2.40. The molecule has 0 bridgehead atoms. The van der Waals surface area contributed by atoms with E-state index in [-0.39, 0.29) is 18.4 Å². The molecule has 0 spiro atoms. The number of carbonyl (C=O) groups excluding carboxylic acids is 2. The van der Waals surface area contributed by atoms with Crippen molar-refractivity contribution in [2.75, 3.05) is 19.6 Å². The molecule has 0 aliphatic rings. The fourth-order valence-electron chi connectivity index (χ4n) is 1.74. The van der Waals surface area contributed by atoms with E-state index in [1.807, 2.05) is 39.0 Å². The second-order valence-electron chi connectivity index (χ2n) is 4.09. The third kappa shape index (κ3) is 3.58. The highest BCUT2D eigenvalue weighted by Crippen LogP contribution is 2.10. The Hall–Kier alpha value is -1.84. The second kappa shape index (κ2) is 6.79. The lowest BCUT2D eigenvalue weighted by Gasteiger charge is -2.21. The van der Waals surface area contributed by atoms with E-state index in [2.05, 4.69) is 5.32 Å². The monoisotopic (exact) mass is 248 g/mol. The van der Waals surface area contributed by atoms with Gasteiger partial charge in [0.2, 0.25) is 5.91 Å². The molecule has 0 heterocycles. The highest BCUT2D eigenvalue weighted by atomic mass is 16.2. The lowest BCUT2D eigenvalue weighted by atomic mass is 10.1. The van der Waals surface area contributed by atoms with Gasteiger partial charge >= 0.3 is 0 Å². The molecule has 4 heteroatoms. The maximum Gasteiger partial charge on any atom is 0.254 e. The van der Waals surface area contributed by atoms with E-state index in [9.17, 15) is 9.59 Å². The Morgan fingerprint density at radius 1 is 1.22 bits per heavy atom. The molecule has 2 amide bonds. The number of benzene rings is 1. The van der Waals surface area contributed by atoms with Crippen molar-refractivity contribution in [3.05, 3.63) is 35.4 Å². The first-order valence-electron chi connectivity index (χ1n) is 6.21. The van der Waals surface area contributed by atoms with Gasteiger partial charge < -0.3 is 10.2 Å². The van der Waals surface area contributed by atoms with E-state index in [0.717, 1.165) is 5.56 Å². The normalized spacial score (nSPS) is 9.94. The van der Waals surface area contributed by atoms with Crippen molar-refractivity contribution in [3.63, 3.8) is 0 Å². The van der Waals surface area contributed by atoms with Crippen molar-refractivity contribution < 1.29 is 9.59 Å². The summed E-state index contributed by atoms with van der Waals surface area (Å²) in [6.45, 7) is 6.83. The topological polar surface area (TPSA) is 49.4 Å². The summed E-state index contributed by atoms with van der Waals surface area (Å²) in [4.78, 5) is 25.4. The van der Waals surface area contributed by atoms with Crippen molar-refractivity contribution in [1.29, 1.82) is 0 Å². The molecular weight excluding hydrogens is 228 g/mol. The molecule has 0 aliphatic heterocycles. The molecular formula is C14H20N2O2. The molecule has 0 atom stereocenters. The summed E-state index contributed by atoms with van der Waals surface area (Å²) < 4.78 is 0. The van der Waals surface area contributed by atoms with Crippen LogP contribution in [0.3, 0.4) is 0 Å². The average molecular weight is 248 g/mol. The molecule has 1 aromatic carbocycles. The highest BCUT2D eigenvalue weighted by molar-refractivity contribution is 5.97. The molecule has 0 unspecified atom stereocenters. The van der Waals surface area contributed by atoms with Crippen LogP contribution in [0.4, 0.5) is 0 Å². The Kier molecular flexibility index (Phi) is 5.36. The number of nitrogens with zero attached hydrogens (tertiary/aromatic N) is 1. The summed E-state index contributed by atoms with van der Waals surface area (Å²) in [5.74, 6) is -0.219. The van der Waals surface area contributed by atoms with Gasteiger partial charge in [-0.25, -0.2) is 0 Å². The molecule has 98 valence electrons. The zero-order valence-corrected chi connectivity index (χ0v) is 11.2. The van der Waals surface area contributed by atoms with E-state index in [1.54, 1.807) is 11.0 Å². The predicted molar refractivity (Wildman–Crippen MR) is 71.4 cm³/mol. The van der Waals surface area contributed by atoms with Gasteiger partial charge in [0.25, 0.3) is 5.91 Å². The maximum atomic E-state index is 12.3. The molecule has 18 heavy (non-hydrogen) atoms. The van der Waals surface area contributed by atoms with Crippen LogP contribution in [0.25, 0.3) is 0 Å². The van der Waals surface area contributed by atoms with Crippen LogP contribution in [0.5, 0.6) is 0 Å². The largest absolute Gasteiger partial charge is 0.355 e. The zero-order chi connectivity index (χ0) is 13.5. The third-order valence-corrected chi connectivity index (χ3v) is 2.75. The minimum Gasteiger partial charge on any atom is -0.355 e. The van der Waals surface area contributed by atoms with Gasteiger partial charge in [0.1, 0.15) is 0 Å². The number of carbonyl (C=O) groups is 2. The molecule has 0 aliphatic carbocycles. The van der Waals surface area contributed by atoms with Gasteiger partial charge in [-0.05, 0) is 32.4 Å². The Balaban J connectivity index is 2.80. The van der Waals surface area contributed by atoms with Gasteiger partial charge in [0.05, 0.1) is 6.54 Å². The number of amides is 2. The van der Waals surface area contributed by atoms with Gasteiger partial charge in [-0.3, -0.25) is 9.59 Å². The van der Waals surface area contributed by atoms with Crippen LogP contribution in [-0.4, -0.2) is 36.3 Å². The molecule has 1 N–H and O–H groups in total. The third-order valence-electron chi connectivity index (χ3n) is 2.75. The lowest BCUT2D eigenvalue weighted by molar-refractivity contribution is -0.121. The standard InChI is InChI=1S/C14H20N2O2/c1-4-15-13(17)10-16(5-2)14(18)12-9-7-6-8-11(12)3/h6-9H,4-5,10H2,1-3H3,(H,15,17). The van der Waals surface area contributed by atoms with E-state index in [4.69, 9.17) is 0 Å². The Morgan fingerprint density at radius 3 is 2.44 bits per heavy atom. The number of likely N-dealkylation sites (N-methyl/N-ethyl adjacent to an activating group) is 2. The fraction of sp³-hybridized carbons (Fsp3) is 0.429. The summed E-state index contributed by atoms with van der Waals surface area (Å²) in [5.41, 5.74) is 1.58. The summed E-state index contributed by atoms with van der Waals surface area (Å²) in [5, 5.41) is 2.70. The summed E-state index contributed by atoms with van der Waals surface area (Å²) in [6, 6.07) is 7.41. The van der Waals surface area contributed by atoms with E-state index >= 15 is 0 Å². The Morgan fingerprint density at radius 2 is 1.89 bits per heavy atom. The molecule has 1 aromatic rings. The smallest absolute Gasteiger partial charge is 0.254 e. The number of rotatable bonds is 5. The minimum atomic E-state index is -0.124. The zero-order valence-electron chi connectivity index (χ0n) is 11.2. The van der Waals surface area contributed by atoms with E-state index in [1.165, 1.54) is 0 Å². The quantitative estimate of drug-likeness (QED) is 0.860. The molecule has 4 nitrogen and oxygen atoms in total. The van der Waals surface area contributed by atoms with Crippen molar-refractivity contribution in [1.82, 2.24) is 10.2 Å². The van der Waals surface area contributed by atoms with E-state index in [0.29, 0.717) is 18.7 Å². The van der Waals surface area contributed by atoms with Crippen LogP contribution in [0.2, 0.25) is 0 Å². The van der Waals surface area contributed by atoms with Crippen LogP contribution in [0.15, 0.2) is 24.3 Å². The number of nitrogens with one attached hydrogen (secondary N) is 1. The van der Waals surface area contributed by atoms with Crippen molar-refractivity contribution in [2.24, 2.45) is 0 Å². The van der Waals surface area contributed by atoms with Gasteiger partial charge in [-0.2, -0.15) is 0 Å². The first-order chi connectivity index (χ1) is 8.60. The van der Waals surface area contributed by atoms with Crippen molar-refractivity contribution in [2.45, 2.75) is 20.8 Å². The van der Waals surface area contributed by atoms with Crippen LogP contribution in [-0.2, 0) is 4.79 Å². The molecule has 0 radical (unpaired) electrons. The summed E-state index contributed by atoms with van der Waals surface area (Å²) in [6.07, 6.45) is 0. The summed E-state index contributed by atoms with van der Waals surface area (Å²) in [7, 11) is 0. The molecule has 0 fully saturated rings. The van der Waals surface area contributed by atoms with Crippen LogP contribution >= 0.6 is 0 Å².